The molecular formula is C24H26N4O2. The largest absolute Gasteiger partial charge is 0.378 e. The van der Waals surface area contributed by atoms with Gasteiger partial charge in [0.1, 0.15) is 0 Å². The van der Waals surface area contributed by atoms with E-state index in [0.717, 1.165) is 45.9 Å². The van der Waals surface area contributed by atoms with Crippen molar-refractivity contribution in [1.82, 2.24) is 19.1 Å². The lowest BCUT2D eigenvalue weighted by Crippen LogP contribution is -2.28. The molecule has 6 heteroatoms. The number of nitrogens with zero attached hydrogens (tertiary/aromatic N) is 4. The molecule has 1 fully saturated rings. The van der Waals surface area contributed by atoms with E-state index >= 15 is 0 Å². The van der Waals surface area contributed by atoms with Gasteiger partial charge in [-0.15, -0.1) is 0 Å². The van der Waals surface area contributed by atoms with E-state index in [-0.39, 0.29) is 11.3 Å². The van der Waals surface area contributed by atoms with Gasteiger partial charge >= 0.3 is 5.69 Å². The number of pyridine rings is 2. The molecule has 1 aliphatic rings. The standard InChI is InChI=1S/C24H26N4O2/c1-24(2,30-3)12-19-18-7-5-4-6-16(18)13-26-20(19)15-27-22-14-25-11-10-21(22)28(23(27)29)17-8-9-17/h4-7,10-11,13-14,17H,8-9,12,15H2,1-3H3. The lowest BCUT2D eigenvalue weighted by atomic mass is 9.93. The van der Waals surface area contributed by atoms with Crippen molar-refractivity contribution < 1.29 is 4.74 Å². The van der Waals surface area contributed by atoms with E-state index in [9.17, 15) is 4.79 Å². The summed E-state index contributed by atoms with van der Waals surface area (Å²) in [6, 6.07) is 10.5. The summed E-state index contributed by atoms with van der Waals surface area (Å²) in [6.07, 6.45) is 8.27. The van der Waals surface area contributed by atoms with E-state index in [1.165, 1.54) is 0 Å². The smallest absolute Gasteiger partial charge is 0.329 e. The normalized spacial score (nSPS) is 14.6. The first-order valence-corrected chi connectivity index (χ1v) is 10.4. The first kappa shape index (κ1) is 19.0. The molecule has 0 amide bonds. The van der Waals surface area contributed by atoms with Crippen LogP contribution in [0.1, 0.15) is 44.0 Å². The third kappa shape index (κ3) is 3.21. The van der Waals surface area contributed by atoms with Crippen molar-refractivity contribution in [3.63, 3.8) is 0 Å². The molecule has 1 aliphatic carbocycles. The quantitative estimate of drug-likeness (QED) is 0.487. The van der Waals surface area contributed by atoms with Crippen LogP contribution in [-0.4, -0.2) is 31.8 Å². The molecule has 154 valence electrons. The molecule has 0 aliphatic heterocycles. The highest BCUT2D eigenvalue weighted by molar-refractivity contribution is 5.85. The van der Waals surface area contributed by atoms with Gasteiger partial charge in [-0.05, 0) is 43.7 Å². The lowest BCUT2D eigenvalue weighted by molar-refractivity contribution is 0.0232. The van der Waals surface area contributed by atoms with Crippen molar-refractivity contribution in [3.8, 4) is 0 Å². The van der Waals surface area contributed by atoms with E-state index < -0.39 is 0 Å². The van der Waals surface area contributed by atoms with E-state index in [1.54, 1.807) is 19.5 Å². The summed E-state index contributed by atoms with van der Waals surface area (Å²) in [5, 5.41) is 2.25. The number of benzene rings is 1. The van der Waals surface area contributed by atoms with Gasteiger partial charge in [0.05, 0.1) is 35.1 Å². The number of hydrogen-bond acceptors (Lipinski definition) is 4. The molecule has 3 heterocycles. The van der Waals surface area contributed by atoms with Crippen LogP contribution in [-0.2, 0) is 17.7 Å². The van der Waals surface area contributed by atoms with Crippen molar-refractivity contribution in [3.05, 3.63) is 70.7 Å². The van der Waals surface area contributed by atoms with Crippen LogP contribution in [0.25, 0.3) is 21.8 Å². The molecule has 5 rings (SSSR count). The first-order chi connectivity index (χ1) is 14.5. The molecule has 30 heavy (non-hydrogen) atoms. The number of rotatable bonds is 6. The summed E-state index contributed by atoms with van der Waals surface area (Å²) < 4.78 is 9.47. The minimum absolute atomic E-state index is 0.0208. The van der Waals surface area contributed by atoms with Crippen LogP contribution < -0.4 is 5.69 Å². The Morgan fingerprint density at radius 1 is 1.13 bits per heavy atom. The van der Waals surface area contributed by atoms with Crippen molar-refractivity contribution in [2.45, 2.75) is 51.3 Å². The topological polar surface area (TPSA) is 61.9 Å². The fourth-order valence-corrected chi connectivity index (χ4v) is 4.21. The van der Waals surface area contributed by atoms with Gasteiger partial charge in [-0.1, -0.05) is 24.3 Å². The third-order valence-electron chi connectivity index (χ3n) is 6.13. The molecule has 0 bridgehead atoms. The average molecular weight is 402 g/mol. The van der Waals surface area contributed by atoms with Gasteiger partial charge in [-0.3, -0.25) is 19.1 Å². The molecule has 0 N–H and O–H groups in total. The predicted molar refractivity (Wildman–Crippen MR) is 118 cm³/mol. The highest BCUT2D eigenvalue weighted by atomic mass is 16.5. The zero-order valence-electron chi connectivity index (χ0n) is 17.6. The Bertz CT molecular complexity index is 1300. The Labute approximate surface area is 175 Å². The summed E-state index contributed by atoms with van der Waals surface area (Å²) in [5.74, 6) is 0. The molecule has 0 saturated heterocycles. The molecule has 6 nitrogen and oxygen atoms in total. The Balaban J connectivity index is 1.68. The molecule has 3 aromatic heterocycles. The molecule has 0 atom stereocenters. The summed E-state index contributed by atoms with van der Waals surface area (Å²) in [5.41, 5.74) is 3.53. The minimum Gasteiger partial charge on any atom is -0.378 e. The molecule has 0 unspecified atom stereocenters. The maximum atomic E-state index is 13.3. The zero-order valence-corrected chi connectivity index (χ0v) is 17.6. The van der Waals surface area contributed by atoms with E-state index in [2.05, 4.69) is 31.0 Å². The first-order valence-electron chi connectivity index (χ1n) is 10.4. The van der Waals surface area contributed by atoms with Crippen LogP contribution in [0.5, 0.6) is 0 Å². The third-order valence-corrected chi connectivity index (χ3v) is 6.13. The number of ether oxygens (including phenoxy) is 1. The molecule has 1 saturated carbocycles. The van der Waals surface area contributed by atoms with Gasteiger partial charge in [-0.25, -0.2) is 4.79 Å². The average Bonchev–Trinajstić information content (AvgIpc) is 3.55. The van der Waals surface area contributed by atoms with Gasteiger partial charge in [0.2, 0.25) is 0 Å². The fourth-order valence-electron chi connectivity index (χ4n) is 4.21. The monoisotopic (exact) mass is 402 g/mol. The Kier molecular flexibility index (Phi) is 4.47. The molecule has 0 spiro atoms. The predicted octanol–water partition coefficient (Wildman–Crippen LogP) is 4.10. The Hall–Kier alpha value is -2.99. The number of imidazole rings is 1. The minimum atomic E-state index is -0.338. The number of hydrogen-bond donors (Lipinski definition) is 0. The maximum Gasteiger partial charge on any atom is 0.329 e. The number of methoxy groups -OCH3 is 1. The lowest BCUT2D eigenvalue weighted by Gasteiger charge is -2.25. The van der Waals surface area contributed by atoms with Gasteiger partial charge < -0.3 is 4.74 Å². The van der Waals surface area contributed by atoms with Crippen LogP contribution in [0.4, 0.5) is 0 Å². The van der Waals surface area contributed by atoms with Crippen LogP contribution in [0, 0.1) is 0 Å². The molecule has 4 aromatic rings. The number of fused-ring (bicyclic) bond motifs is 2. The Morgan fingerprint density at radius 3 is 2.70 bits per heavy atom. The number of aromatic nitrogens is 4. The van der Waals surface area contributed by atoms with Gasteiger partial charge in [0.15, 0.2) is 0 Å². The van der Waals surface area contributed by atoms with E-state index in [1.807, 2.05) is 33.5 Å². The molecular weight excluding hydrogens is 376 g/mol. The van der Waals surface area contributed by atoms with Gasteiger partial charge in [0, 0.05) is 37.4 Å². The second-order valence-corrected chi connectivity index (χ2v) is 8.75. The van der Waals surface area contributed by atoms with Crippen LogP contribution >= 0.6 is 0 Å². The van der Waals surface area contributed by atoms with Crippen molar-refractivity contribution >= 4 is 21.8 Å². The van der Waals surface area contributed by atoms with E-state index in [0.29, 0.717) is 19.0 Å². The van der Waals surface area contributed by atoms with Crippen molar-refractivity contribution in [2.75, 3.05) is 7.11 Å². The Morgan fingerprint density at radius 2 is 1.93 bits per heavy atom. The van der Waals surface area contributed by atoms with Crippen LogP contribution in [0.15, 0.2) is 53.7 Å². The van der Waals surface area contributed by atoms with Gasteiger partial charge in [-0.2, -0.15) is 0 Å². The summed E-state index contributed by atoms with van der Waals surface area (Å²) in [4.78, 5) is 22.4. The summed E-state index contributed by atoms with van der Waals surface area (Å²) in [6.45, 7) is 4.57. The van der Waals surface area contributed by atoms with Crippen molar-refractivity contribution in [2.24, 2.45) is 0 Å². The summed E-state index contributed by atoms with van der Waals surface area (Å²) >= 11 is 0. The fraction of sp³-hybridized carbons (Fsp3) is 0.375. The van der Waals surface area contributed by atoms with Crippen molar-refractivity contribution in [1.29, 1.82) is 0 Å². The van der Waals surface area contributed by atoms with Crippen LogP contribution in [0.3, 0.4) is 0 Å². The highest BCUT2D eigenvalue weighted by Crippen LogP contribution is 2.36. The van der Waals surface area contributed by atoms with E-state index in [4.69, 9.17) is 9.72 Å². The van der Waals surface area contributed by atoms with Crippen LogP contribution in [0.2, 0.25) is 0 Å². The zero-order chi connectivity index (χ0) is 20.9. The molecule has 1 aromatic carbocycles. The van der Waals surface area contributed by atoms with Gasteiger partial charge in [0.25, 0.3) is 0 Å². The summed E-state index contributed by atoms with van der Waals surface area (Å²) in [7, 11) is 1.73. The maximum absolute atomic E-state index is 13.3. The second-order valence-electron chi connectivity index (χ2n) is 8.75. The molecule has 0 radical (unpaired) electrons. The SMILES string of the molecule is COC(C)(C)Cc1c(Cn2c(=O)n(C3CC3)c3ccncc32)ncc2ccccc12. The second kappa shape index (κ2) is 7.06. The highest BCUT2D eigenvalue weighted by Gasteiger charge is 2.29.